The Kier molecular flexibility index (Phi) is 7.04. The number of rotatable bonds is 6. The number of nitrogens with zero attached hydrogens (tertiary/aromatic N) is 2. The van der Waals surface area contributed by atoms with Crippen molar-refractivity contribution in [1.82, 2.24) is 4.57 Å². The van der Waals surface area contributed by atoms with E-state index in [2.05, 4.69) is 198 Å². The SMILES string of the molecule is c1ccc(-c2ccc(N(c3cccc(-c4cccc5c4sc4c6ccccc6n(-c6ccccc6)c54)c3)c3cccc4oc5ccccc5c34)cc2)cc1. The Morgan fingerprint density at radius 3 is 1.94 bits per heavy atom. The molecule has 3 aromatic heterocycles. The summed E-state index contributed by atoms with van der Waals surface area (Å²) in [5.41, 5.74) is 13.4. The fraction of sp³-hybridized carbons (Fsp3) is 0. The number of fused-ring (bicyclic) bond motifs is 8. The van der Waals surface area contributed by atoms with Gasteiger partial charge in [0.05, 0.1) is 26.8 Å². The lowest BCUT2D eigenvalue weighted by Gasteiger charge is -2.27. The highest BCUT2D eigenvalue weighted by molar-refractivity contribution is 7.27. The molecule has 0 amide bonds. The molecule has 0 aliphatic heterocycles. The van der Waals surface area contributed by atoms with Crippen molar-refractivity contribution in [2.24, 2.45) is 0 Å². The highest BCUT2D eigenvalue weighted by Crippen LogP contribution is 2.47. The molecule has 0 saturated carbocycles. The van der Waals surface area contributed by atoms with Crippen LogP contribution >= 0.6 is 11.3 Å². The van der Waals surface area contributed by atoms with Crippen molar-refractivity contribution in [3.8, 4) is 27.9 Å². The lowest BCUT2D eigenvalue weighted by Crippen LogP contribution is -2.10. The van der Waals surface area contributed by atoms with E-state index in [4.69, 9.17) is 4.42 Å². The van der Waals surface area contributed by atoms with Gasteiger partial charge in [0.1, 0.15) is 11.2 Å². The molecule has 254 valence electrons. The van der Waals surface area contributed by atoms with Crippen LogP contribution in [-0.4, -0.2) is 4.57 Å². The van der Waals surface area contributed by atoms with Gasteiger partial charge in [-0.1, -0.05) is 133 Å². The number of aromatic nitrogens is 1. The van der Waals surface area contributed by atoms with Crippen molar-refractivity contribution >= 4 is 81.5 Å². The van der Waals surface area contributed by atoms with Crippen LogP contribution < -0.4 is 4.90 Å². The molecular formula is C50H32N2OS. The van der Waals surface area contributed by atoms with Crippen LogP contribution in [0.5, 0.6) is 0 Å². The third kappa shape index (κ3) is 4.81. The van der Waals surface area contributed by atoms with Crippen molar-refractivity contribution in [1.29, 1.82) is 0 Å². The van der Waals surface area contributed by atoms with Crippen LogP contribution in [0.1, 0.15) is 0 Å². The Balaban J connectivity index is 1.12. The Labute approximate surface area is 316 Å². The van der Waals surface area contributed by atoms with E-state index >= 15 is 0 Å². The number of benzene rings is 8. The molecule has 0 bridgehead atoms. The predicted molar refractivity (Wildman–Crippen MR) is 229 cm³/mol. The number of para-hydroxylation sites is 3. The van der Waals surface area contributed by atoms with E-state index in [-0.39, 0.29) is 0 Å². The van der Waals surface area contributed by atoms with Crippen molar-refractivity contribution in [3.05, 3.63) is 194 Å². The molecule has 4 heteroatoms. The predicted octanol–water partition coefficient (Wildman–Crippen LogP) is 14.7. The molecule has 0 fully saturated rings. The Bertz CT molecular complexity index is 3150. The summed E-state index contributed by atoms with van der Waals surface area (Å²) in [4.78, 5) is 2.38. The molecule has 0 aliphatic rings. The fourth-order valence-corrected chi connectivity index (χ4v) is 9.54. The van der Waals surface area contributed by atoms with Crippen LogP contribution in [0.4, 0.5) is 17.1 Å². The lowest BCUT2D eigenvalue weighted by molar-refractivity contribution is 0.669. The van der Waals surface area contributed by atoms with Crippen molar-refractivity contribution in [2.45, 2.75) is 0 Å². The number of thiophene rings is 1. The molecule has 0 aliphatic carbocycles. The molecule has 0 atom stereocenters. The maximum Gasteiger partial charge on any atom is 0.137 e. The van der Waals surface area contributed by atoms with Gasteiger partial charge in [-0.25, -0.2) is 0 Å². The fourth-order valence-electron chi connectivity index (χ4n) is 8.18. The number of hydrogen-bond acceptors (Lipinski definition) is 3. The number of furan rings is 1. The van der Waals surface area contributed by atoms with E-state index < -0.39 is 0 Å². The van der Waals surface area contributed by atoms with E-state index in [9.17, 15) is 0 Å². The Morgan fingerprint density at radius 2 is 1.09 bits per heavy atom. The van der Waals surface area contributed by atoms with Gasteiger partial charge in [0.25, 0.3) is 0 Å². The van der Waals surface area contributed by atoms with Gasteiger partial charge in [0.2, 0.25) is 0 Å². The molecule has 3 nitrogen and oxygen atoms in total. The zero-order chi connectivity index (χ0) is 35.6. The monoisotopic (exact) mass is 708 g/mol. The zero-order valence-corrected chi connectivity index (χ0v) is 30.0. The van der Waals surface area contributed by atoms with Crippen LogP contribution in [-0.2, 0) is 0 Å². The summed E-state index contributed by atoms with van der Waals surface area (Å²) in [5, 5.41) is 4.75. The summed E-state index contributed by atoms with van der Waals surface area (Å²) in [6, 6.07) is 69.4. The van der Waals surface area contributed by atoms with Crippen molar-refractivity contribution in [2.75, 3.05) is 4.90 Å². The summed E-state index contributed by atoms with van der Waals surface area (Å²) in [7, 11) is 0. The largest absolute Gasteiger partial charge is 0.456 e. The van der Waals surface area contributed by atoms with Gasteiger partial charge in [0, 0.05) is 37.9 Å². The average Bonchev–Trinajstić information content (AvgIpc) is 3.91. The number of hydrogen-bond donors (Lipinski definition) is 0. The molecule has 11 rings (SSSR count). The molecular weight excluding hydrogens is 677 g/mol. The van der Waals surface area contributed by atoms with E-state index in [1.807, 2.05) is 17.4 Å². The van der Waals surface area contributed by atoms with Gasteiger partial charge in [0.15, 0.2) is 0 Å². The first-order valence-electron chi connectivity index (χ1n) is 18.3. The highest BCUT2D eigenvalue weighted by atomic mass is 32.1. The molecule has 0 unspecified atom stereocenters. The zero-order valence-electron chi connectivity index (χ0n) is 29.2. The van der Waals surface area contributed by atoms with E-state index in [0.717, 1.165) is 39.0 Å². The van der Waals surface area contributed by atoms with Crippen LogP contribution in [0.25, 0.3) is 81.1 Å². The summed E-state index contributed by atoms with van der Waals surface area (Å²) in [6.45, 7) is 0. The third-order valence-corrected chi connectivity index (χ3v) is 11.8. The van der Waals surface area contributed by atoms with Gasteiger partial charge >= 0.3 is 0 Å². The molecule has 3 heterocycles. The van der Waals surface area contributed by atoms with Crippen molar-refractivity contribution in [3.63, 3.8) is 0 Å². The lowest BCUT2D eigenvalue weighted by atomic mass is 10.0. The highest BCUT2D eigenvalue weighted by Gasteiger charge is 2.22. The minimum Gasteiger partial charge on any atom is -0.456 e. The normalized spacial score (nSPS) is 11.7. The van der Waals surface area contributed by atoms with Crippen molar-refractivity contribution < 1.29 is 4.42 Å². The molecule has 11 aromatic rings. The average molecular weight is 709 g/mol. The van der Waals surface area contributed by atoms with Gasteiger partial charge in [-0.3, -0.25) is 0 Å². The minimum atomic E-state index is 0.872. The molecule has 0 N–H and O–H groups in total. The Morgan fingerprint density at radius 1 is 0.444 bits per heavy atom. The maximum absolute atomic E-state index is 6.40. The summed E-state index contributed by atoms with van der Waals surface area (Å²) < 4.78 is 11.4. The van der Waals surface area contributed by atoms with Crippen LogP contribution in [0.15, 0.2) is 199 Å². The van der Waals surface area contributed by atoms with Gasteiger partial charge < -0.3 is 13.9 Å². The van der Waals surface area contributed by atoms with Crippen LogP contribution in [0, 0.1) is 0 Å². The second-order valence-electron chi connectivity index (χ2n) is 13.7. The molecule has 0 saturated heterocycles. The van der Waals surface area contributed by atoms with Gasteiger partial charge in [-0.05, 0) is 82.9 Å². The standard InChI is InChI=1S/C50H32N2OS/c1-3-14-33(15-4-1)34-28-30-37(31-29-34)51(44-25-13-27-46-47(44)41-21-8-10-26-45(41)53-46)38-19-11-16-35(32-38)39-22-12-23-42-48-50(54-49(39)42)40-20-7-9-24-43(40)52(48)36-17-5-2-6-18-36/h1-32H. The van der Waals surface area contributed by atoms with E-state index in [1.54, 1.807) is 0 Å². The van der Waals surface area contributed by atoms with E-state index in [0.29, 0.717) is 0 Å². The van der Waals surface area contributed by atoms with Gasteiger partial charge in [-0.15, -0.1) is 11.3 Å². The molecule has 54 heavy (non-hydrogen) atoms. The van der Waals surface area contributed by atoms with E-state index in [1.165, 1.54) is 59.1 Å². The third-order valence-electron chi connectivity index (χ3n) is 10.6. The second-order valence-corrected chi connectivity index (χ2v) is 14.7. The maximum atomic E-state index is 6.40. The minimum absolute atomic E-state index is 0.872. The topological polar surface area (TPSA) is 21.3 Å². The molecule has 8 aromatic carbocycles. The smallest absolute Gasteiger partial charge is 0.137 e. The summed E-state index contributed by atoms with van der Waals surface area (Å²) >= 11 is 1.89. The first-order valence-corrected chi connectivity index (χ1v) is 19.1. The van der Waals surface area contributed by atoms with Crippen LogP contribution in [0.3, 0.4) is 0 Å². The first kappa shape index (κ1) is 30.7. The number of anilines is 3. The second kappa shape index (κ2) is 12.4. The Hall–Kier alpha value is -6.88. The first-order chi connectivity index (χ1) is 26.8. The summed E-state index contributed by atoms with van der Waals surface area (Å²) in [5.74, 6) is 0. The van der Waals surface area contributed by atoms with Gasteiger partial charge in [-0.2, -0.15) is 0 Å². The molecule has 0 radical (unpaired) electrons. The molecule has 0 spiro atoms. The quantitative estimate of drug-likeness (QED) is 0.171. The van der Waals surface area contributed by atoms with Crippen LogP contribution in [0.2, 0.25) is 0 Å². The summed E-state index contributed by atoms with van der Waals surface area (Å²) in [6.07, 6.45) is 0.